The van der Waals surface area contributed by atoms with Crippen molar-refractivity contribution in [2.75, 3.05) is 20.1 Å². The van der Waals surface area contributed by atoms with Crippen LogP contribution in [-0.2, 0) is 6.42 Å². The Balaban J connectivity index is 0.00000400. The molecule has 3 nitrogen and oxygen atoms in total. The number of nitrogens with one attached hydrogen (secondary N) is 2. The van der Waals surface area contributed by atoms with Crippen LogP contribution in [0.25, 0.3) is 0 Å². The van der Waals surface area contributed by atoms with Crippen molar-refractivity contribution in [2.45, 2.75) is 19.0 Å². The van der Waals surface area contributed by atoms with Gasteiger partial charge in [-0.3, -0.25) is 4.99 Å². The van der Waals surface area contributed by atoms with E-state index in [1.165, 1.54) is 7.05 Å². The van der Waals surface area contributed by atoms with E-state index in [2.05, 4.69) is 15.6 Å². The Morgan fingerprint density at radius 1 is 1.24 bits per heavy atom. The number of nitrogens with zero attached hydrogens (tertiary/aromatic N) is 1. The first-order valence-corrected chi connectivity index (χ1v) is 6.54. The Morgan fingerprint density at radius 3 is 2.48 bits per heavy atom. The lowest BCUT2D eigenvalue weighted by molar-refractivity contribution is -0.132. The topological polar surface area (TPSA) is 36.4 Å². The first-order valence-electron chi connectivity index (χ1n) is 6.16. The zero-order valence-electron chi connectivity index (χ0n) is 11.5. The molecule has 0 aliphatic carbocycles. The molecule has 0 unspecified atom stereocenters. The molecule has 0 aliphatic heterocycles. The van der Waals surface area contributed by atoms with Gasteiger partial charge in [-0.05, 0) is 24.1 Å². The van der Waals surface area contributed by atoms with Crippen LogP contribution in [0.3, 0.4) is 0 Å². The highest BCUT2D eigenvalue weighted by Gasteiger charge is 2.26. The summed E-state index contributed by atoms with van der Waals surface area (Å²) < 4.78 is 36.0. The number of guanidine groups is 1. The Bertz CT molecular complexity index is 453. The van der Waals surface area contributed by atoms with Crippen LogP contribution in [0.1, 0.15) is 12.0 Å². The zero-order chi connectivity index (χ0) is 15.0. The number of rotatable bonds is 5. The van der Waals surface area contributed by atoms with Gasteiger partial charge < -0.3 is 10.6 Å². The summed E-state index contributed by atoms with van der Waals surface area (Å²) in [6, 6.07) is 7.43. The maximum atomic E-state index is 12.0. The van der Waals surface area contributed by atoms with E-state index in [1.54, 1.807) is 6.07 Å². The van der Waals surface area contributed by atoms with Crippen molar-refractivity contribution < 1.29 is 13.2 Å². The number of alkyl halides is 3. The van der Waals surface area contributed by atoms with E-state index >= 15 is 0 Å². The number of hydrogen-bond acceptors (Lipinski definition) is 1. The summed E-state index contributed by atoms with van der Waals surface area (Å²) in [7, 11) is 1.52. The van der Waals surface area contributed by atoms with Gasteiger partial charge in [-0.2, -0.15) is 13.2 Å². The normalized spacial score (nSPS) is 11.8. The van der Waals surface area contributed by atoms with Gasteiger partial charge in [-0.1, -0.05) is 23.7 Å². The smallest absolute Gasteiger partial charge is 0.356 e. The maximum absolute atomic E-state index is 12.0. The van der Waals surface area contributed by atoms with Crippen molar-refractivity contribution in [3.63, 3.8) is 0 Å². The Kier molecular flexibility index (Phi) is 9.76. The molecule has 0 atom stereocenters. The molecule has 8 heteroatoms. The fraction of sp³-hybridized carbons (Fsp3) is 0.462. The summed E-state index contributed by atoms with van der Waals surface area (Å²) in [6.45, 7) is 0.367. The lowest BCUT2D eigenvalue weighted by atomic mass is 10.1. The molecule has 1 rings (SSSR count). The number of aliphatic imine (C=N–C) groups is 1. The monoisotopic (exact) mass is 435 g/mol. The van der Waals surface area contributed by atoms with Crippen LogP contribution in [0.15, 0.2) is 29.3 Å². The van der Waals surface area contributed by atoms with Gasteiger partial charge >= 0.3 is 6.18 Å². The summed E-state index contributed by atoms with van der Waals surface area (Å²) >= 11 is 5.86. The minimum absolute atomic E-state index is 0. The molecule has 0 aliphatic rings. The second-order valence-corrected chi connectivity index (χ2v) is 4.61. The van der Waals surface area contributed by atoms with E-state index < -0.39 is 12.6 Å². The summed E-state index contributed by atoms with van der Waals surface area (Å²) in [6.07, 6.45) is -4.34. The van der Waals surface area contributed by atoms with Crippen LogP contribution in [-0.4, -0.2) is 32.3 Å². The lowest BCUT2D eigenvalue weighted by Crippen LogP contribution is -2.39. The van der Waals surface area contributed by atoms with E-state index in [0.717, 1.165) is 5.56 Å². The average molecular weight is 436 g/mol. The molecule has 0 saturated heterocycles. The molecule has 120 valence electrons. The van der Waals surface area contributed by atoms with Crippen LogP contribution in [0.4, 0.5) is 13.2 Å². The molecule has 0 spiro atoms. The van der Waals surface area contributed by atoms with Crippen LogP contribution in [0, 0.1) is 0 Å². The zero-order valence-corrected chi connectivity index (χ0v) is 14.6. The molecule has 1 aromatic rings. The molecule has 0 bridgehead atoms. The Hall–Kier alpha value is -0.700. The minimum Gasteiger partial charge on any atom is -0.356 e. The van der Waals surface area contributed by atoms with Crippen LogP contribution in [0.5, 0.6) is 0 Å². The molecular weight excluding hydrogens is 418 g/mol. The summed E-state index contributed by atoms with van der Waals surface area (Å²) in [5, 5.41) is 6.23. The SMILES string of the molecule is CN=C(NCCc1cccc(Cl)c1)NCCC(F)(F)F.I. The lowest BCUT2D eigenvalue weighted by Gasteiger charge is -2.12. The first kappa shape index (κ1) is 20.3. The highest BCUT2D eigenvalue weighted by atomic mass is 127. The largest absolute Gasteiger partial charge is 0.390 e. The summed E-state index contributed by atoms with van der Waals surface area (Å²) in [4.78, 5) is 3.86. The number of hydrogen-bond donors (Lipinski definition) is 2. The van der Waals surface area contributed by atoms with Crippen LogP contribution >= 0.6 is 35.6 Å². The van der Waals surface area contributed by atoms with Gasteiger partial charge in [-0.25, -0.2) is 0 Å². The molecule has 0 saturated carbocycles. The molecule has 2 N–H and O–H groups in total. The summed E-state index contributed by atoms with van der Waals surface area (Å²) in [5.41, 5.74) is 1.05. The predicted molar refractivity (Wildman–Crippen MR) is 90.6 cm³/mol. The van der Waals surface area contributed by atoms with Crippen LogP contribution < -0.4 is 10.6 Å². The second-order valence-electron chi connectivity index (χ2n) is 4.17. The maximum Gasteiger partial charge on any atom is 0.390 e. The predicted octanol–water partition coefficient (Wildman–Crippen LogP) is 3.62. The molecule has 1 aromatic carbocycles. The second kappa shape index (κ2) is 10.1. The fourth-order valence-corrected chi connectivity index (χ4v) is 1.77. The number of benzene rings is 1. The van der Waals surface area contributed by atoms with E-state index in [1.807, 2.05) is 18.2 Å². The Morgan fingerprint density at radius 2 is 1.90 bits per heavy atom. The van der Waals surface area contributed by atoms with E-state index in [-0.39, 0.29) is 30.5 Å². The van der Waals surface area contributed by atoms with Crippen molar-refractivity contribution in [3.05, 3.63) is 34.9 Å². The molecule has 0 aromatic heterocycles. The highest BCUT2D eigenvalue weighted by Crippen LogP contribution is 2.18. The van der Waals surface area contributed by atoms with E-state index in [0.29, 0.717) is 23.9 Å². The standard InChI is InChI=1S/C13H17ClF3N3.HI/c1-18-12(20-8-6-13(15,16)17)19-7-5-10-3-2-4-11(14)9-10;/h2-4,9H,5-8H2,1H3,(H2,18,19,20);1H. The van der Waals surface area contributed by atoms with Gasteiger partial charge in [0.15, 0.2) is 5.96 Å². The van der Waals surface area contributed by atoms with Crippen molar-refractivity contribution in [1.29, 1.82) is 0 Å². The van der Waals surface area contributed by atoms with Gasteiger partial charge in [0.1, 0.15) is 0 Å². The van der Waals surface area contributed by atoms with Crippen molar-refractivity contribution in [2.24, 2.45) is 4.99 Å². The van der Waals surface area contributed by atoms with Crippen molar-refractivity contribution in [3.8, 4) is 0 Å². The van der Waals surface area contributed by atoms with Crippen LogP contribution in [0.2, 0.25) is 5.02 Å². The summed E-state index contributed by atoms with van der Waals surface area (Å²) in [5.74, 6) is 0.358. The van der Waals surface area contributed by atoms with Gasteiger partial charge in [0.2, 0.25) is 0 Å². The van der Waals surface area contributed by atoms with Gasteiger partial charge in [0.25, 0.3) is 0 Å². The van der Waals surface area contributed by atoms with Gasteiger partial charge in [0, 0.05) is 25.2 Å². The molecule has 0 radical (unpaired) electrons. The van der Waals surface area contributed by atoms with Gasteiger partial charge in [0.05, 0.1) is 6.42 Å². The molecule has 0 fully saturated rings. The highest BCUT2D eigenvalue weighted by molar-refractivity contribution is 14.0. The molecule has 21 heavy (non-hydrogen) atoms. The quantitative estimate of drug-likeness (QED) is 0.421. The fourth-order valence-electron chi connectivity index (χ4n) is 1.56. The third-order valence-corrected chi connectivity index (χ3v) is 2.75. The molecule has 0 amide bonds. The first-order chi connectivity index (χ1) is 9.40. The van der Waals surface area contributed by atoms with E-state index in [9.17, 15) is 13.2 Å². The average Bonchev–Trinajstić information content (AvgIpc) is 2.35. The van der Waals surface area contributed by atoms with E-state index in [4.69, 9.17) is 11.6 Å². The molecule has 0 heterocycles. The minimum atomic E-state index is -4.16. The third-order valence-electron chi connectivity index (χ3n) is 2.52. The number of halogens is 5. The molecular formula is C13H18ClF3IN3. The third kappa shape index (κ3) is 9.78. The van der Waals surface area contributed by atoms with Crippen molar-refractivity contribution >= 4 is 41.5 Å². The van der Waals surface area contributed by atoms with Crippen molar-refractivity contribution in [1.82, 2.24) is 10.6 Å². The Labute approximate surface area is 144 Å². The van der Waals surface area contributed by atoms with Gasteiger partial charge in [-0.15, -0.1) is 24.0 Å².